The molecule has 2 saturated carbocycles. The largest absolute Gasteiger partial charge is 0.481 e. The lowest BCUT2D eigenvalue weighted by Gasteiger charge is -2.30. The van der Waals surface area contributed by atoms with E-state index in [4.69, 9.17) is 9.72 Å². The summed E-state index contributed by atoms with van der Waals surface area (Å²) in [5.74, 6) is 0.441. The fourth-order valence-corrected chi connectivity index (χ4v) is 5.90. The summed E-state index contributed by atoms with van der Waals surface area (Å²) >= 11 is 0. The van der Waals surface area contributed by atoms with E-state index < -0.39 is 11.9 Å². The first-order chi connectivity index (χ1) is 16.7. The molecule has 182 valence electrons. The number of unbranched alkanes of at least 4 members (excludes halogenated alkanes) is 1. The number of hydrogen-bond acceptors (Lipinski definition) is 5. The molecule has 2 unspecified atom stereocenters. The highest BCUT2D eigenvalue weighted by molar-refractivity contribution is 5.77. The number of rotatable bonds is 10. The Labute approximate surface area is 202 Å². The lowest BCUT2D eigenvalue weighted by Crippen LogP contribution is -2.24. The molecule has 2 fully saturated rings. The molecule has 6 heteroatoms. The summed E-state index contributed by atoms with van der Waals surface area (Å²) in [6.07, 6.45) is 13.5. The Kier molecular flexibility index (Phi) is 7.43. The second-order valence-corrected chi connectivity index (χ2v) is 10.3. The van der Waals surface area contributed by atoms with E-state index in [1.54, 1.807) is 0 Å². The quantitative estimate of drug-likeness (QED) is 0.454. The van der Waals surface area contributed by atoms with Gasteiger partial charge >= 0.3 is 5.97 Å². The minimum absolute atomic E-state index is 0.123. The van der Waals surface area contributed by atoms with Crippen molar-refractivity contribution in [2.24, 2.45) is 5.92 Å². The number of aliphatic carboxylic acids is 1. The summed E-state index contributed by atoms with van der Waals surface area (Å²) in [6, 6.07) is 8.27. The van der Waals surface area contributed by atoms with Crippen molar-refractivity contribution in [1.82, 2.24) is 9.97 Å². The number of aromatic nitrogens is 2. The van der Waals surface area contributed by atoms with Crippen molar-refractivity contribution in [2.75, 3.05) is 18.5 Å². The second kappa shape index (κ2) is 10.9. The number of nitrogens with one attached hydrogen (secondary N) is 1. The summed E-state index contributed by atoms with van der Waals surface area (Å²) in [7, 11) is 0. The fourth-order valence-electron chi connectivity index (χ4n) is 5.90. The first-order valence-electron chi connectivity index (χ1n) is 13.2. The molecule has 0 spiro atoms. The van der Waals surface area contributed by atoms with E-state index in [1.807, 2.05) is 18.3 Å². The predicted octanol–water partition coefficient (Wildman–Crippen LogP) is 5.48. The Morgan fingerprint density at radius 1 is 1.15 bits per heavy atom. The van der Waals surface area contributed by atoms with Gasteiger partial charge in [-0.15, -0.1) is 0 Å². The highest BCUT2D eigenvalue weighted by Crippen LogP contribution is 2.44. The van der Waals surface area contributed by atoms with Gasteiger partial charge < -0.3 is 15.2 Å². The molecule has 0 amide bonds. The molecule has 1 aliphatic heterocycles. The van der Waals surface area contributed by atoms with Gasteiger partial charge in [0.1, 0.15) is 5.82 Å². The smallest absolute Gasteiger partial charge is 0.311 e. The molecule has 0 saturated heterocycles. The molecule has 5 rings (SSSR count). The molecular formula is C28H37N3O3. The average Bonchev–Trinajstić information content (AvgIpc) is 3.27. The number of carboxylic acids is 1. The molecule has 0 aromatic carbocycles. The Morgan fingerprint density at radius 2 is 2.06 bits per heavy atom. The summed E-state index contributed by atoms with van der Waals surface area (Å²) < 4.78 is 6.20. The van der Waals surface area contributed by atoms with Gasteiger partial charge in [0.25, 0.3) is 0 Å². The predicted molar refractivity (Wildman–Crippen MR) is 132 cm³/mol. The van der Waals surface area contributed by atoms with Gasteiger partial charge in [0.05, 0.1) is 12.0 Å². The first kappa shape index (κ1) is 23.3. The van der Waals surface area contributed by atoms with Crippen LogP contribution in [0.5, 0.6) is 0 Å². The zero-order valence-electron chi connectivity index (χ0n) is 20.0. The van der Waals surface area contributed by atoms with E-state index in [0.29, 0.717) is 5.92 Å². The molecule has 2 N–H and O–H groups in total. The third-order valence-corrected chi connectivity index (χ3v) is 7.99. The van der Waals surface area contributed by atoms with Crippen molar-refractivity contribution in [1.29, 1.82) is 0 Å². The van der Waals surface area contributed by atoms with E-state index in [9.17, 15) is 9.90 Å². The van der Waals surface area contributed by atoms with E-state index in [-0.39, 0.29) is 12.0 Å². The summed E-state index contributed by atoms with van der Waals surface area (Å²) in [5.41, 5.74) is 4.45. The summed E-state index contributed by atoms with van der Waals surface area (Å²) in [5, 5.41) is 13.5. The van der Waals surface area contributed by atoms with Crippen LogP contribution in [0.15, 0.2) is 30.5 Å². The molecule has 2 aromatic heterocycles. The van der Waals surface area contributed by atoms with E-state index in [0.717, 1.165) is 93.7 Å². The van der Waals surface area contributed by atoms with Gasteiger partial charge in [0, 0.05) is 36.7 Å². The van der Waals surface area contributed by atoms with Crippen molar-refractivity contribution < 1.29 is 14.6 Å². The molecule has 2 aromatic rings. The number of carbonyl (C=O) groups is 1. The lowest BCUT2D eigenvalue weighted by atomic mass is 9.76. The van der Waals surface area contributed by atoms with Crippen LogP contribution in [-0.2, 0) is 22.4 Å². The number of fused-ring (bicyclic) bond motifs is 1. The maximum absolute atomic E-state index is 12.3. The van der Waals surface area contributed by atoms with Gasteiger partial charge in [-0.25, -0.2) is 4.98 Å². The standard InChI is InChI=1S/C28H37N3O3/c32-28(33)25(24-10-5-15-29-26(24)19-6-3-7-19)21-12-14-23(18-21)34-17-2-1-9-22-13-11-20-8-4-16-30-27(20)31-22/h5,10-11,13,15,19,21,23,25H,1-4,6-9,12,14,16-18H2,(H,30,31)(H,32,33)/t21?,23-,25?/m1/s1. The topological polar surface area (TPSA) is 84.3 Å². The van der Waals surface area contributed by atoms with Gasteiger partial charge in [0.2, 0.25) is 0 Å². The molecule has 3 atom stereocenters. The van der Waals surface area contributed by atoms with Gasteiger partial charge in [-0.3, -0.25) is 9.78 Å². The Balaban J connectivity index is 1.09. The normalized spacial score (nSPS) is 23.1. The number of ether oxygens (including phenoxy) is 1. The van der Waals surface area contributed by atoms with Crippen LogP contribution in [0, 0.1) is 5.92 Å². The Bertz CT molecular complexity index is 991. The molecule has 34 heavy (non-hydrogen) atoms. The minimum atomic E-state index is -0.716. The van der Waals surface area contributed by atoms with Gasteiger partial charge in [0.15, 0.2) is 0 Å². The van der Waals surface area contributed by atoms with Gasteiger partial charge in [-0.05, 0) is 93.4 Å². The molecule has 2 aliphatic carbocycles. The number of pyridine rings is 2. The van der Waals surface area contributed by atoms with Crippen LogP contribution in [0.2, 0.25) is 0 Å². The summed E-state index contributed by atoms with van der Waals surface area (Å²) in [4.78, 5) is 21.7. The van der Waals surface area contributed by atoms with Crippen molar-refractivity contribution in [3.8, 4) is 0 Å². The van der Waals surface area contributed by atoms with Crippen LogP contribution < -0.4 is 5.32 Å². The number of aryl methyl sites for hydroxylation is 2. The van der Waals surface area contributed by atoms with Crippen molar-refractivity contribution in [2.45, 2.75) is 88.6 Å². The number of nitrogens with zero attached hydrogens (tertiary/aromatic N) is 2. The van der Waals surface area contributed by atoms with Crippen LogP contribution in [0.1, 0.15) is 92.1 Å². The third kappa shape index (κ3) is 5.27. The van der Waals surface area contributed by atoms with Crippen molar-refractivity contribution in [3.63, 3.8) is 0 Å². The van der Waals surface area contributed by atoms with E-state index in [2.05, 4.69) is 22.4 Å². The molecular weight excluding hydrogens is 426 g/mol. The second-order valence-electron chi connectivity index (χ2n) is 10.3. The highest BCUT2D eigenvalue weighted by Gasteiger charge is 2.39. The SMILES string of the molecule is O=C(O)C(c1cccnc1C1CCC1)C1CC[C@@H](OCCCCc2ccc3c(n2)NCCC3)C1. The van der Waals surface area contributed by atoms with Crippen LogP contribution in [0.25, 0.3) is 0 Å². The van der Waals surface area contributed by atoms with Crippen LogP contribution >= 0.6 is 0 Å². The Hall–Kier alpha value is -2.47. The molecule has 3 heterocycles. The van der Waals surface area contributed by atoms with Crippen LogP contribution in [-0.4, -0.2) is 40.3 Å². The minimum Gasteiger partial charge on any atom is -0.481 e. The van der Waals surface area contributed by atoms with Gasteiger partial charge in [-0.2, -0.15) is 0 Å². The molecule has 3 aliphatic rings. The fraction of sp³-hybridized carbons (Fsp3) is 0.607. The highest BCUT2D eigenvalue weighted by atomic mass is 16.5. The maximum atomic E-state index is 12.3. The molecule has 6 nitrogen and oxygen atoms in total. The monoisotopic (exact) mass is 463 g/mol. The lowest BCUT2D eigenvalue weighted by molar-refractivity contribution is -0.140. The van der Waals surface area contributed by atoms with Gasteiger partial charge in [-0.1, -0.05) is 18.6 Å². The van der Waals surface area contributed by atoms with Crippen LogP contribution in [0.3, 0.4) is 0 Å². The zero-order valence-corrected chi connectivity index (χ0v) is 20.0. The average molecular weight is 464 g/mol. The number of anilines is 1. The first-order valence-corrected chi connectivity index (χ1v) is 13.2. The van der Waals surface area contributed by atoms with E-state index in [1.165, 1.54) is 18.4 Å². The zero-order chi connectivity index (χ0) is 23.3. The Morgan fingerprint density at radius 3 is 2.88 bits per heavy atom. The molecule has 0 bridgehead atoms. The maximum Gasteiger partial charge on any atom is 0.311 e. The number of carboxylic acid groups (broad SMARTS) is 1. The number of hydrogen-bond donors (Lipinski definition) is 2. The summed E-state index contributed by atoms with van der Waals surface area (Å²) in [6.45, 7) is 1.75. The molecule has 0 radical (unpaired) electrons. The van der Waals surface area contributed by atoms with E-state index >= 15 is 0 Å². The van der Waals surface area contributed by atoms with Crippen LogP contribution in [0.4, 0.5) is 5.82 Å². The van der Waals surface area contributed by atoms with Crippen molar-refractivity contribution in [3.05, 3.63) is 53.0 Å². The third-order valence-electron chi connectivity index (χ3n) is 7.99. The van der Waals surface area contributed by atoms with Crippen molar-refractivity contribution >= 4 is 11.8 Å².